The number of ether oxygens (including phenoxy) is 1. The highest BCUT2D eigenvalue weighted by atomic mass is 79.9. The van der Waals surface area contributed by atoms with E-state index in [2.05, 4.69) is 21.0 Å². The van der Waals surface area contributed by atoms with Gasteiger partial charge in [0.15, 0.2) is 0 Å². The Hall–Kier alpha value is -0.680. The van der Waals surface area contributed by atoms with Gasteiger partial charge in [0.25, 0.3) is 0 Å². The molecule has 1 aromatic heterocycles. The minimum absolute atomic E-state index is 0.0382. The van der Waals surface area contributed by atoms with E-state index in [1.54, 1.807) is 18.0 Å². The zero-order chi connectivity index (χ0) is 11.7. The molecule has 1 saturated carbocycles. The highest BCUT2D eigenvalue weighted by molar-refractivity contribution is 9.10. The normalized spacial score (nSPS) is 17.4. The van der Waals surface area contributed by atoms with E-state index in [1.165, 1.54) is 0 Å². The highest BCUT2D eigenvalue weighted by Gasteiger charge is 2.38. The second-order valence-electron chi connectivity index (χ2n) is 4.01. The molecule has 0 N–H and O–H groups in total. The zero-order valence-electron chi connectivity index (χ0n) is 9.44. The predicted octanol–water partition coefficient (Wildman–Crippen LogP) is 2.27. The van der Waals surface area contributed by atoms with Gasteiger partial charge in [-0.3, -0.25) is 9.48 Å². The van der Waals surface area contributed by atoms with Gasteiger partial charge in [0, 0.05) is 13.7 Å². The molecule has 1 heterocycles. The highest BCUT2D eigenvalue weighted by Crippen LogP contribution is 2.36. The van der Waals surface area contributed by atoms with Gasteiger partial charge in [0.05, 0.1) is 10.7 Å². The monoisotopic (exact) mass is 286 g/mol. The first kappa shape index (κ1) is 11.8. The van der Waals surface area contributed by atoms with Crippen LogP contribution in [0.5, 0.6) is 0 Å². The van der Waals surface area contributed by atoms with Crippen LogP contribution >= 0.6 is 15.9 Å². The SMILES string of the molecule is CCn1ncc(Br)c1C(=O)C(OC)C1CC1. The van der Waals surface area contributed by atoms with Crippen molar-refractivity contribution in [3.8, 4) is 0 Å². The second-order valence-corrected chi connectivity index (χ2v) is 4.87. The fourth-order valence-electron chi connectivity index (χ4n) is 1.89. The van der Waals surface area contributed by atoms with Gasteiger partial charge in [-0.2, -0.15) is 5.10 Å². The molecule has 0 aliphatic heterocycles. The molecule has 0 bridgehead atoms. The lowest BCUT2D eigenvalue weighted by Gasteiger charge is -2.14. The maximum Gasteiger partial charge on any atom is 0.210 e. The van der Waals surface area contributed by atoms with Crippen LogP contribution in [-0.4, -0.2) is 28.8 Å². The van der Waals surface area contributed by atoms with Crippen molar-refractivity contribution in [3.05, 3.63) is 16.4 Å². The number of aryl methyl sites for hydroxylation is 1. The lowest BCUT2D eigenvalue weighted by molar-refractivity contribution is 0.0528. The number of rotatable bonds is 5. The molecular weight excluding hydrogens is 272 g/mol. The standard InChI is InChI=1S/C11H15BrN2O2/c1-3-14-9(8(12)6-13-14)10(15)11(16-2)7-4-5-7/h6-7,11H,3-5H2,1-2H3. The second kappa shape index (κ2) is 4.67. The van der Waals surface area contributed by atoms with E-state index in [0.29, 0.717) is 18.2 Å². The molecule has 2 rings (SSSR count). The molecule has 1 unspecified atom stereocenters. The molecule has 16 heavy (non-hydrogen) atoms. The van der Waals surface area contributed by atoms with Gasteiger partial charge in [-0.05, 0) is 41.6 Å². The van der Waals surface area contributed by atoms with Crippen LogP contribution in [0.15, 0.2) is 10.7 Å². The lowest BCUT2D eigenvalue weighted by atomic mass is 10.1. The number of hydrogen-bond acceptors (Lipinski definition) is 3. The molecule has 0 spiro atoms. The van der Waals surface area contributed by atoms with Gasteiger partial charge in [0.1, 0.15) is 11.8 Å². The van der Waals surface area contributed by atoms with Gasteiger partial charge in [0.2, 0.25) is 5.78 Å². The van der Waals surface area contributed by atoms with Crippen molar-refractivity contribution >= 4 is 21.7 Å². The molecule has 0 saturated heterocycles. The minimum Gasteiger partial charge on any atom is -0.373 e. The Morgan fingerprint density at radius 3 is 2.94 bits per heavy atom. The summed E-state index contributed by atoms with van der Waals surface area (Å²) in [6, 6.07) is 0. The van der Waals surface area contributed by atoms with Crippen molar-refractivity contribution in [2.75, 3.05) is 7.11 Å². The van der Waals surface area contributed by atoms with Crippen LogP contribution in [0.2, 0.25) is 0 Å². The molecule has 1 aliphatic carbocycles. The van der Waals surface area contributed by atoms with Crippen LogP contribution in [-0.2, 0) is 11.3 Å². The number of halogens is 1. The number of carbonyl (C=O) groups excluding carboxylic acids is 1. The summed E-state index contributed by atoms with van der Waals surface area (Å²) in [5.41, 5.74) is 0.626. The molecule has 1 fully saturated rings. The van der Waals surface area contributed by atoms with Crippen LogP contribution in [0.25, 0.3) is 0 Å². The van der Waals surface area contributed by atoms with Crippen molar-refractivity contribution in [2.45, 2.75) is 32.4 Å². The van der Waals surface area contributed by atoms with E-state index in [9.17, 15) is 4.79 Å². The first-order chi connectivity index (χ1) is 7.69. The third kappa shape index (κ3) is 2.06. The average molecular weight is 287 g/mol. The van der Waals surface area contributed by atoms with Crippen molar-refractivity contribution < 1.29 is 9.53 Å². The van der Waals surface area contributed by atoms with Crippen LogP contribution in [0.1, 0.15) is 30.3 Å². The lowest BCUT2D eigenvalue weighted by Crippen LogP contribution is -2.28. The number of ketones is 1. The average Bonchev–Trinajstić information content (AvgIpc) is 3.02. The summed E-state index contributed by atoms with van der Waals surface area (Å²) in [6.07, 6.45) is 3.53. The van der Waals surface area contributed by atoms with Crippen molar-refractivity contribution in [1.29, 1.82) is 0 Å². The predicted molar refractivity (Wildman–Crippen MR) is 63.5 cm³/mol. The van der Waals surface area contributed by atoms with Gasteiger partial charge in [-0.25, -0.2) is 0 Å². The van der Waals surface area contributed by atoms with Crippen molar-refractivity contribution in [3.63, 3.8) is 0 Å². The quantitative estimate of drug-likeness (QED) is 0.780. The first-order valence-electron chi connectivity index (χ1n) is 5.47. The van der Waals surface area contributed by atoms with Crippen LogP contribution in [0, 0.1) is 5.92 Å². The van der Waals surface area contributed by atoms with Crippen molar-refractivity contribution in [2.24, 2.45) is 5.92 Å². The largest absolute Gasteiger partial charge is 0.373 e. The maximum absolute atomic E-state index is 12.3. The van der Waals surface area contributed by atoms with E-state index in [0.717, 1.165) is 17.3 Å². The van der Waals surface area contributed by atoms with Crippen LogP contribution in [0.4, 0.5) is 0 Å². The zero-order valence-corrected chi connectivity index (χ0v) is 11.0. The van der Waals surface area contributed by atoms with E-state index in [-0.39, 0.29) is 11.9 Å². The minimum atomic E-state index is -0.307. The Balaban J connectivity index is 2.27. The van der Waals surface area contributed by atoms with Crippen molar-refractivity contribution in [1.82, 2.24) is 9.78 Å². The summed E-state index contributed by atoms with van der Waals surface area (Å²) in [5, 5.41) is 4.15. The number of hydrogen-bond donors (Lipinski definition) is 0. The molecule has 0 aromatic carbocycles. The van der Waals surface area contributed by atoms with E-state index < -0.39 is 0 Å². The molecule has 1 aromatic rings. The van der Waals surface area contributed by atoms with Gasteiger partial charge < -0.3 is 4.74 Å². The van der Waals surface area contributed by atoms with E-state index in [4.69, 9.17) is 4.74 Å². The topological polar surface area (TPSA) is 44.1 Å². The number of aromatic nitrogens is 2. The summed E-state index contributed by atoms with van der Waals surface area (Å²) < 4.78 is 7.76. The molecule has 4 nitrogen and oxygen atoms in total. The number of Topliss-reactive ketones (excluding diaryl/α,β-unsaturated/α-hetero) is 1. The van der Waals surface area contributed by atoms with Gasteiger partial charge >= 0.3 is 0 Å². The fraction of sp³-hybridized carbons (Fsp3) is 0.636. The maximum atomic E-state index is 12.3. The Kier molecular flexibility index (Phi) is 3.44. The smallest absolute Gasteiger partial charge is 0.210 e. The van der Waals surface area contributed by atoms with Gasteiger partial charge in [-0.1, -0.05) is 0 Å². The number of carbonyl (C=O) groups is 1. The number of nitrogens with zero attached hydrogens (tertiary/aromatic N) is 2. The first-order valence-corrected chi connectivity index (χ1v) is 6.26. The summed E-state index contributed by atoms with van der Waals surface area (Å²) in [5.74, 6) is 0.431. The van der Waals surface area contributed by atoms with Crippen LogP contribution in [0.3, 0.4) is 0 Å². The molecule has 0 radical (unpaired) electrons. The van der Waals surface area contributed by atoms with Gasteiger partial charge in [-0.15, -0.1) is 0 Å². The number of methoxy groups -OCH3 is 1. The molecule has 5 heteroatoms. The third-order valence-electron chi connectivity index (χ3n) is 2.89. The molecular formula is C11H15BrN2O2. The Bertz CT molecular complexity index is 399. The Morgan fingerprint density at radius 2 is 2.44 bits per heavy atom. The Labute approximate surface area is 103 Å². The molecule has 1 aliphatic rings. The summed E-state index contributed by atoms with van der Waals surface area (Å²) in [7, 11) is 1.60. The molecule has 1 atom stereocenters. The van der Waals surface area contributed by atoms with E-state index in [1.807, 2.05) is 6.92 Å². The fourth-order valence-corrected chi connectivity index (χ4v) is 2.39. The summed E-state index contributed by atoms with van der Waals surface area (Å²) in [6.45, 7) is 2.66. The van der Waals surface area contributed by atoms with E-state index >= 15 is 0 Å². The molecule has 88 valence electrons. The summed E-state index contributed by atoms with van der Waals surface area (Å²) >= 11 is 3.37. The molecule has 0 amide bonds. The third-order valence-corrected chi connectivity index (χ3v) is 3.47. The van der Waals surface area contributed by atoms with Crippen LogP contribution < -0.4 is 0 Å². The summed E-state index contributed by atoms with van der Waals surface area (Å²) in [4.78, 5) is 12.3. The Morgan fingerprint density at radius 1 is 1.75 bits per heavy atom.